The van der Waals surface area contributed by atoms with Crippen LogP contribution in [0.15, 0.2) is 42.9 Å². The first kappa shape index (κ1) is 17.3. The van der Waals surface area contributed by atoms with Gasteiger partial charge in [-0.05, 0) is 36.2 Å². The Morgan fingerprint density at radius 2 is 1.89 bits per heavy atom. The second kappa shape index (κ2) is 7.26. The van der Waals surface area contributed by atoms with E-state index in [1.807, 2.05) is 25.3 Å². The van der Waals surface area contributed by atoms with Crippen molar-refractivity contribution in [3.63, 3.8) is 0 Å². The van der Waals surface area contributed by atoms with Crippen molar-refractivity contribution in [1.29, 1.82) is 0 Å². The smallest absolute Gasteiger partial charge is 0.134 e. The molecule has 3 heterocycles. The maximum Gasteiger partial charge on any atom is 0.134 e. The molecule has 0 spiro atoms. The van der Waals surface area contributed by atoms with Crippen LogP contribution >= 0.6 is 0 Å². The molecular formula is C20H19F2N5. The third kappa shape index (κ3) is 3.86. The van der Waals surface area contributed by atoms with E-state index in [1.165, 1.54) is 18.5 Å². The summed E-state index contributed by atoms with van der Waals surface area (Å²) in [6.07, 6.45) is 4.16. The minimum absolute atomic E-state index is 0.279. The number of fused-ring (bicyclic) bond motifs is 1. The molecule has 0 fully saturated rings. The molecule has 1 aliphatic heterocycles. The first-order valence-corrected chi connectivity index (χ1v) is 8.78. The zero-order chi connectivity index (χ0) is 18.8. The number of aryl methyl sites for hydroxylation is 1. The van der Waals surface area contributed by atoms with Crippen LogP contribution in [0.3, 0.4) is 0 Å². The molecule has 0 bridgehead atoms. The lowest BCUT2D eigenvalue weighted by Crippen LogP contribution is -2.32. The molecule has 4 rings (SSSR count). The fraction of sp³-hybridized carbons (Fsp3) is 0.250. The molecule has 7 heteroatoms. The van der Waals surface area contributed by atoms with Gasteiger partial charge < -0.3 is 10.2 Å². The molecule has 27 heavy (non-hydrogen) atoms. The summed E-state index contributed by atoms with van der Waals surface area (Å²) < 4.78 is 26.8. The Kier molecular flexibility index (Phi) is 4.66. The molecule has 2 aromatic heterocycles. The highest BCUT2D eigenvalue weighted by atomic mass is 19.1. The number of benzene rings is 1. The van der Waals surface area contributed by atoms with E-state index >= 15 is 0 Å². The minimum atomic E-state index is -0.590. The first-order valence-electron chi connectivity index (χ1n) is 8.78. The van der Waals surface area contributed by atoms with Crippen molar-refractivity contribution >= 4 is 11.6 Å². The van der Waals surface area contributed by atoms with E-state index in [-0.39, 0.29) is 6.54 Å². The highest BCUT2D eigenvalue weighted by Gasteiger charge is 2.22. The van der Waals surface area contributed by atoms with Crippen LogP contribution in [0, 0.1) is 18.6 Å². The van der Waals surface area contributed by atoms with Crippen LogP contribution in [0.4, 0.5) is 20.4 Å². The number of aromatic nitrogens is 3. The topological polar surface area (TPSA) is 53.9 Å². The van der Waals surface area contributed by atoms with Crippen LogP contribution in [-0.4, -0.2) is 21.5 Å². The van der Waals surface area contributed by atoms with Crippen LogP contribution in [0.1, 0.15) is 22.4 Å². The van der Waals surface area contributed by atoms with E-state index in [1.54, 1.807) is 0 Å². The quantitative estimate of drug-likeness (QED) is 0.763. The van der Waals surface area contributed by atoms with Gasteiger partial charge in [0.15, 0.2) is 0 Å². The lowest BCUT2D eigenvalue weighted by molar-refractivity contribution is 0.580. The van der Waals surface area contributed by atoms with Crippen molar-refractivity contribution in [3.8, 4) is 0 Å². The molecule has 1 N–H and O–H groups in total. The normalized spacial score (nSPS) is 13.4. The molecule has 5 nitrogen and oxygen atoms in total. The van der Waals surface area contributed by atoms with Gasteiger partial charge in [-0.25, -0.2) is 23.7 Å². The van der Waals surface area contributed by atoms with Gasteiger partial charge in [0.25, 0.3) is 0 Å². The number of rotatable bonds is 4. The lowest BCUT2D eigenvalue weighted by Gasteiger charge is -2.30. The van der Waals surface area contributed by atoms with Gasteiger partial charge in [0, 0.05) is 43.9 Å². The van der Waals surface area contributed by atoms with Crippen LogP contribution in [0.5, 0.6) is 0 Å². The molecule has 0 saturated carbocycles. The highest BCUT2D eigenvalue weighted by molar-refractivity contribution is 5.52. The molecule has 0 amide bonds. The van der Waals surface area contributed by atoms with Gasteiger partial charge >= 0.3 is 0 Å². The van der Waals surface area contributed by atoms with Crippen molar-refractivity contribution in [2.75, 3.05) is 16.8 Å². The summed E-state index contributed by atoms with van der Waals surface area (Å²) in [5.74, 6) is 0.413. The summed E-state index contributed by atoms with van der Waals surface area (Å²) in [4.78, 5) is 15.4. The average Bonchev–Trinajstić information content (AvgIpc) is 2.66. The zero-order valence-electron chi connectivity index (χ0n) is 14.9. The van der Waals surface area contributed by atoms with E-state index in [2.05, 4.69) is 25.2 Å². The SMILES string of the molecule is Cc1ccc(N2CCc3ncnc(NCc4cc(F)cc(F)c4)c3C2)nc1. The fourth-order valence-electron chi connectivity index (χ4n) is 3.23. The van der Waals surface area contributed by atoms with E-state index < -0.39 is 11.6 Å². The van der Waals surface area contributed by atoms with E-state index in [9.17, 15) is 8.78 Å². The lowest BCUT2D eigenvalue weighted by atomic mass is 10.1. The molecular weight excluding hydrogens is 348 g/mol. The maximum absolute atomic E-state index is 13.4. The molecule has 0 unspecified atom stereocenters. The Hall–Kier alpha value is -3.09. The molecule has 0 aliphatic carbocycles. The fourth-order valence-corrected chi connectivity index (χ4v) is 3.23. The first-order chi connectivity index (χ1) is 13.1. The van der Waals surface area contributed by atoms with Gasteiger partial charge in [0.05, 0.1) is 5.69 Å². The number of hydrogen-bond donors (Lipinski definition) is 1. The summed E-state index contributed by atoms with van der Waals surface area (Å²) in [6.45, 7) is 3.75. The number of nitrogens with zero attached hydrogens (tertiary/aromatic N) is 4. The van der Waals surface area contributed by atoms with E-state index in [4.69, 9.17) is 0 Å². The van der Waals surface area contributed by atoms with Crippen molar-refractivity contribution < 1.29 is 8.78 Å². The Morgan fingerprint density at radius 1 is 1.07 bits per heavy atom. The number of anilines is 2. The zero-order valence-corrected chi connectivity index (χ0v) is 14.9. The number of hydrogen-bond acceptors (Lipinski definition) is 5. The van der Waals surface area contributed by atoms with Crippen LogP contribution in [-0.2, 0) is 19.5 Å². The molecule has 0 radical (unpaired) electrons. The highest BCUT2D eigenvalue weighted by Crippen LogP contribution is 2.26. The number of pyridine rings is 1. The largest absolute Gasteiger partial charge is 0.366 e. The summed E-state index contributed by atoms with van der Waals surface area (Å²) in [6, 6.07) is 7.53. The molecule has 1 aromatic carbocycles. The van der Waals surface area contributed by atoms with E-state index in [0.717, 1.165) is 41.7 Å². The van der Waals surface area contributed by atoms with Crippen LogP contribution in [0.2, 0.25) is 0 Å². The molecule has 3 aromatic rings. The third-order valence-corrected chi connectivity index (χ3v) is 4.60. The predicted molar refractivity (Wildman–Crippen MR) is 99.4 cm³/mol. The summed E-state index contributed by atoms with van der Waals surface area (Å²) in [5.41, 5.74) is 3.61. The third-order valence-electron chi connectivity index (χ3n) is 4.60. The second-order valence-corrected chi connectivity index (χ2v) is 6.64. The Bertz CT molecular complexity index is 939. The minimum Gasteiger partial charge on any atom is -0.366 e. The van der Waals surface area contributed by atoms with Gasteiger partial charge in [-0.2, -0.15) is 0 Å². The molecule has 1 aliphatic rings. The molecule has 0 atom stereocenters. The number of nitrogens with one attached hydrogen (secondary N) is 1. The van der Waals surface area contributed by atoms with Gasteiger partial charge in [-0.1, -0.05) is 6.07 Å². The van der Waals surface area contributed by atoms with Crippen LogP contribution < -0.4 is 10.2 Å². The monoisotopic (exact) mass is 367 g/mol. The van der Waals surface area contributed by atoms with Gasteiger partial charge in [0.2, 0.25) is 0 Å². The predicted octanol–water partition coefficient (Wildman–Crippen LogP) is 3.63. The van der Waals surface area contributed by atoms with Crippen molar-refractivity contribution in [3.05, 3.63) is 76.9 Å². The van der Waals surface area contributed by atoms with Gasteiger partial charge in [-0.3, -0.25) is 0 Å². The average molecular weight is 367 g/mol. The van der Waals surface area contributed by atoms with Crippen molar-refractivity contribution in [2.45, 2.75) is 26.4 Å². The van der Waals surface area contributed by atoms with Crippen LogP contribution in [0.25, 0.3) is 0 Å². The summed E-state index contributed by atoms with van der Waals surface area (Å²) in [7, 11) is 0. The van der Waals surface area contributed by atoms with Crippen molar-refractivity contribution in [1.82, 2.24) is 15.0 Å². The standard InChI is InChI=1S/C20H19F2N5/c1-13-2-3-19(23-9-13)27-5-4-18-17(11-27)20(26-12-25-18)24-10-14-6-15(21)8-16(22)7-14/h2-3,6-9,12H,4-5,10-11H2,1H3,(H,24,25,26). The summed E-state index contributed by atoms with van der Waals surface area (Å²) in [5, 5.41) is 3.19. The Balaban J connectivity index is 1.55. The second-order valence-electron chi connectivity index (χ2n) is 6.64. The molecule has 0 saturated heterocycles. The van der Waals surface area contributed by atoms with E-state index in [0.29, 0.717) is 17.9 Å². The summed E-state index contributed by atoms with van der Waals surface area (Å²) >= 11 is 0. The Morgan fingerprint density at radius 3 is 2.63 bits per heavy atom. The number of halogens is 2. The molecule has 138 valence electrons. The Labute approximate surface area is 156 Å². The van der Waals surface area contributed by atoms with Crippen molar-refractivity contribution in [2.24, 2.45) is 0 Å². The van der Waals surface area contributed by atoms with Gasteiger partial charge in [0.1, 0.15) is 29.6 Å². The maximum atomic E-state index is 13.4. The van der Waals surface area contributed by atoms with Gasteiger partial charge in [-0.15, -0.1) is 0 Å².